The second kappa shape index (κ2) is 6.28. The van der Waals surface area contributed by atoms with Gasteiger partial charge in [0.15, 0.2) is 0 Å². The zero-order valence-corrected chi connectivity index (χ0v) is 15.4. The summed E-state index contributed by atoms with van der Waals surface area (Å²) in [5.41, 5.74) is 8.76. The minimum absolute atomic E-state index is 0.348. The molecular formula is C21H25N3O. The van der Waals surface area contributed by atoms with E-state index in [4.69, 9.17) is 4.74 Å². The number of nitrogens with zero attached hydrogens (tertiary/aromatic N) is 2. The van der Waals surface area contributed by atoms with Crippen LogP contribution in [0.4, 0.5) is 0 Å². The Morgan fingerprint density at radius 1 is 1.20 bits per heavy atom. The molecule has 3 heterocycles. The molecule has 130 valence electrons. The van der Waals surface area contributed by atoms with Crippen LogP contribution < -0.4 is 0 Å². The molecule has 1 aliphatic rings. The average Bonchev–Trinajstić information content (AvgIpc) is 3.00. The van der Waals surface area contributed by atoms with Gasteiger partial charge < -0.3 is 14.6 Å². The predicted molar refractivity (Wildman–Crippen MR) is 102 cm³/mol. The number of fused-ring (bicyclic) bond motifs is 2. The van der Waals surface area contributed by atoms with Gasteiger partial charge >= 0.3 is 0 Å². The van der Waals surface area contributed by atoms with Crippen LogP contribution in [0.5, 0.6) is 0 Å². The molecule has 0 saturated heterocycles. The number of hydrogen-bond donors (Lipinski definition) is 1. The summed E-state index contributed by atoms with van der Waals surface area (Å²) < 4.78 is 5.74. The molecule has 0 bridgehead atoms. The van der Waals surface area contributed by atoms with E-state index in [0.717, 1.165) is 25.3 Å². The smallest absolute Gasteiger partial charge is 0.137 e. The van der Waals surface area contributed by atoms with Crippen LogP contribution in [-0.2, 0) is 17.8 Å². The number of nitrogens with one attached hydrogen (secondary N) is 1. The maximum Gasteiger partial charge on any atom is 0.137 e. The van der Waals surface area contributed by atoms with E-state index >= 15 is 0 Å². The van der Waals surface area contributed by atoms with Crippen LogP contribution in [0.15, 0.2) is 30.6 Å². The first-order valence-corrected chi connectivity index (χ1v) is 8.88. The summed E-state index contributed by atoms with van der Waals surface area (Å²) in [5, 5.41) is 1.20. The molecule has 4 heteroatoms. The number of pyridine rings is 1. The third kappa shape index (κ3) is 2.86. The van der Waals surface area contributed by atoms with Crippen molar-refractivity contribution in [3.8, 4) is 11.1 Å². The van der Waals surface area contributed by atoms with Crippen molar-refractivity contribution in [3.63, 3.8) is 0 Å². The lowest BCUT2D eigenvalue weighted by molar-refractivity contribution is 0.109. The normalized spacial score (nSPS) is 15.6. The fraction of sp³-hybridized carbons (Fsp3) is 0.381. The molecule has 25 heavy (non-hydrogen) atoms. The van der Waals surface area contributed by atoms with Gasteiger partial charge in [-0.2, -0.15) is 0 Å². The Morgan fingerprint density at radius 3 is 2.84 bits per heavy atom. The van der Waals surface area contributed by atoms with E-state index in [9.17, 15) is 0 Å². The highest BCUT2D eigenvalue weighted by Crippen LogP contribution is 2.34. The Bertz CT molecular complexity index is 926. The monoisotopic (exact) mass is 335 g/mol. The highest BCUT2D eigenvalue weighted by atomic mass is 16.5. The number of benzene rings is 1. The van der Waals surface area contributed by atoms with Crippen molar-refractivity contribution >= 4 is 11.0 Å². The van der Waals surface area contributed by atoms with E-state index in [1.165, 1.54) is 38.8 Å². The van der Waals surface area contributed by atoms with Gasteiger partial charge in [0.1, 0.15) is 5.65 Å². The zero-order chi connectivity index (χ0) is 17.6. The SMILES string of the molecule is Cc1c[nH]c2ncc(-c3cc4c(c(C(C)N(C)C)c3)COCC4)cc12. The fourth-order valence-corrected chi connectivity index (χ4v) is 3.62. The highest BCUT2D eigenvalue weighted by Gasteiger charge is 2.20. The number of aromatic nitrogens is 2. The lowest BCUT2D eigenvalue weighted by Crippen LogP contribution is -2.21. The van der Waals surface area contributed by atoms with Crippen molar-refractivity contribution in [1.82, 2.24) is 14.9 Å². The first-order valence-electron chi connectivity index (χ1n) is 8.88. The van der Waals surface area contributed by atoms with Crippen LogP contribution in [0.2, 0.25) is 0 Å². The molecule has 4 nitrogen and oxygen atoms in total. The van der Waals surface area contributed by atoms with E-state index < -0.39 is 0 Å². The van der Waals surface area contributed by atoms with Gasteiger partial charge in [-0.3, -0.25) is 0 Å². The summed E-state index contributed by atoms with van der Waals surface area (Å²) in [6, 6.07) is 7.25. The lowest BCUT2D eigenvalue weighted by atomic mass is 9.89. The number of rotatable bonds is 3. The van der Waals surface area contributed by atoms with E-state index in [0.29, 0.717) is 6.04 Å². The number of H-pyrrole nitrogens is 1. The van der Waals surface area contributed by atoms with Crippen molar-refractivity contribution in [3.05, 3.63) is 52.8 Å². The summed E-state index contributed by atoms with van der Waals surface area (Å²) in [5.74, 6) is 0. The van der Waals surface area contributed by atoms with Crippen LogP contribution in [0.1, 0.15) is 35.2 Å². The van der Waals surface area contributed by atoms with E-state index in [-0.39, 0.29) is 0 Å². The van der Waals surface area contributed by atoms with Crippen LogP contribution in [-0.4, -0.2) is 35.6 Å². The van der Waals surface area contributed by atoms with Crippen molar-refractivity contribution in [2.75, 3.05) is 20.7 Å². The Balaban J connectivity index is 1.88. The molecule has 1 atom stereocenters. The molecule has 0 amide bonds. The van der Waals surface area contributed by atoms with Crippen LogP contribution in [0.25, 0.3) is 22.2 Å². The van der Waals surface area contributed by atoms with Crippen LogP contribution >= 0.6 is 0 Å². The fourth-order valence-electron chi connectivity index (χ4n) is 3.62. The van der Waals surface area contributed by atoms with E-state index in [1.54, 1.807) is 0 Å². The predicted octanol–water partition coefficient (Wildman–Crippen LogP) is 4.23. The van der Waals surface area contributed by atoms with Crippen molar-refractivity contribution < 1.29 is 4.74 Å². The van der Waals surface area contributed by atoms with Crippen molar-refractivity contribution in [1.29, 1.82) is 0 Å². The molecule has 1 N–H and O–H groups in total. The Hall–Kier alpha value is -2.17. The second-order valence-corrected chi connectivity index (χ2v) is 7.24. The van der Waals surface area contributed by atoms with Gasteiger partial charge in [0.05, 0.1) is 13.2 Å². The van der Waals surface area contributed by atoms with Gasteiger partial charge in [-0.1, -0.05) is 6.07 Å². The van der Waals surface area contributed by atoms with Gasteiger partial charge in [-0.25, -0.2) is 4.98 Å². The third-order valence-electron chi connectivity index (χ3n) is 5.43. The average molecular weight is 335 g/mol. The first kappa shape index (κ1) is 16.3. The molecule has 0 radical (unpaired) electrons. The molecule has 1 aliphatic heterocycles. The number of aromatic amines is 1. The highest BCUT2D eigenvalue weighted by molar-refractivity contribution is 5.84. The Morgan fingerprint density at radius 2 is 2.04 bits per heavy atom. The minimum atomic E-state index is 0.348. The van der Waals surface area contributed by atoms with Gasteiger partial charge in [-0.15, -0.1) is 0 Å². The van der Waals surface area contributed by atoms with Gasteiger partial charge in [-0.05, 0) is 74.3 Å². The summed E-state index contributed by atoms with van der Waals surface area (Å²) >= 11 is 0. The standard InChI is InChI=1S/C21H25N3O/c1-13-10-22-21-18(13)9-17(11-23-21)16-7-15-5-6-25-12-20(15)19(8-16)14(2)24(3)4/h7-11,14H,5-6,12H2,1-4H3,(H,22,23). The number of ether oxygens (including phenoxy) is 1. The maximum atomic E-state index is 5.74. The molecule has 2 aromatic heterocycles. The summed E-state index contributed by atoms with van der Waals surface area (Å²) in [4.78, 5) is 10.1. The summed E-state index contributed by atoms with van der Waals surface area (Å²) in [7, 11) is 4.26. The number of hydrogen-bond acceptors (Lipinski definition) is 3. The quantitative estimate of drug-likeness (QED) is 0.778. The molecule has 3 aromatic rings. The van der Waals surface area contributed by atoms with Crippen LogP contribution in [0, 0.1) is 6.92 Å². The topological polar surface area (TPSA) is 41.2 Å². The summed E-state index contributed by atoms with van der Waals surface area (Å²) in [6.07, 6.45) is 4.98. The van der Waals surface area contributed by atoms with Crippen LogP contribution in [0.3, 0.4) is 0 Å². The van der Waals surface area contributed by atoms with Gasteiger partial charge in [0, 0.05) is 29.4 Å². The van der Waals surface area contributed by atoms with Gasteiger partial charge in [0.25, 0.3) is 0 Å². The molecule has 0 fully saturated rings. The first-order chi connectivity index (χ1) is 12.0. The molecule has 4 rings (SSSR count). The molecule has 1 unspecified atom stereocenters. The van der Waals surface area contributed by atoms with E-state index in [1.807, 2.05) is 12.4 Å². The number of aryl methyl sites for hydroxylation is 1. The molecular weight excluding hydrogens is 310 g/mol. The minimum Gasteiger partial charge on any atom is -0.376 e. The van der Waals surface area contributed by atoms with Gasteiger partial charge in [0.2, 0.25) is 0 Å². The Kier molecular flexibility index (Phi) is 4.10. The lowest BCUT2D eigenvalue weighted by Gasteiger charge is -2.28. The summed E-state index contributed by atoms with van der Waals surface area (Å²) in [6.45, 7) is 5.90. The van der Waals surface area contributed by atoms with Crippen molar-refractivity contribution in [2.45, 2.75) is 32.9 Å². The molecule has 0 spiro atoms. The van der Waals surface area contributed by atoms with Crippen molar-refractivity contribution in [2.24, 2.45) is 0 Å². The Labute approximate surface area is 148 Å². The maximum absolute atomic E-state index is 5.74. The molecule has 0 saturated carbocycles. The zero-order valence-electron chi connectivity index (χ0n) is 15.4. The largest absolute Gasteiger partial charge is 0.376 e. The molecule has 0 aliphatic carbocycles. The van der Waals surface area contributed by atoms with E-state index in [2.05, 4.69) is 61.0 Å². The second-order valence-electron chi connectivity index (χ2n) is 7.24. The third-order valence-corrected chi connectivity index (χ3v) is 5.43. The molecule has 1 aromatic carbocycles.